The predicted octanol–water partition coefficient (Wildman–Crippen LogP) is 0.432. The van der Waals surface area contributed by atoms with Crippen LogP contribution in [0.25, 0.3) is 0 Å². The Kier molecular flexibility index (Phi) is 3.87. The maximum absolute atomic E-state index is 11.2. The Bertz CT molecular complexity index is 318. The second-order valence-electron chi connectivity index (χ2n) is 2.90. The Labute approximate surface area is 82.6 Å². The van der Waals surface area contributed by atoms with Crippen LogP contribution in [0, 0.1) is 6.92 Å². The number of anilines is 1. The zero-order valence-corrected chi connectivity index (χ0v) is 8.13. The topological polar surface area (TPSA) is 69.8 Å². The molecule has 0 bridgehead atoms. The third-order valence-electron chi connectivity index (χ3n) is 1.55. The predicted molar refractivity (Wildman–Crippen MR) is 55.0 cm³/mol. The summed E-state index contributed by atoms with van der Waals surface area (Å²) in [5, 5.41) is 12.2. The molecule has 5 nitrogen and oxygen atoms in total. The summed E-state index contributed by atoms with van der Waals surface area (Å²) in [6.07, 6.45) is 1.70. The Morgan fingerprint density at radius 3 is 3.14 bits per heavy atom. The van der Waals surface area contributed by atoms with Crippen molar-refractivity contribution in [2.45, 2.75) is 6.92 Å². The number of aromatic amines is 1. The van der Waals surface area contributed by atoms with Crippen LogP contribution in [0.4, 0.5) is 5.82 Å². The molecule has 76 valence electrons. The highest BCUT2D eigenvalue weighted by Gasteiger charge is 2.02. The van der Waals surface area contributed by atoms with Crippen LogP contribution in [0.1, 0.15) is 5.69 Å². The second kappa shape index (κ2) is 5.18. The third kappa shape index (κ3) is 3.40. The molecule has 0 saturated carbocycles. The number of hydrogen-bond acceptors (Lipinski definition) is 3. The van der Waals surface area contributed by atoms with Crippen molar-refractivity contribution in [1.29, 1.82) is 0 Å². The molecule has 0 unspecified atom stereocenters. The van der Waals surface area contributed by atoms with Gasteiger partial charge in [0, 0.05) is 18.3 Å². The zero-order valence-electron chi connectivity index (χ0n) is 8.13. The summed E-state index contributed by atoms with van der Waals surface area (Å²) in [5.74, 6) is 0.436. The van der Waals surface area contributed by atoms with Crippen LogP contribution in [-0.4, -0.2) is 29.2 Å². The molecule has 0 saturated heterocycles. The highest BCUT2D eigenvalue weighted by molar-refractivity contribution is 5.91. The van der Waals surface area contributed by atoms with Crippen LogP contribution in [0.5, 0.6) is 0 Å². The fraction of sp³-hybridized carbons (Fsp3) is 0.333. The van der Waals surface area contributed by atoms with Gasteiger partial charge in [-0.25, -0.2) is 0 Å². The second-order valence-corrected chi connectivity index (χ2v) is 2.90. The van der Waals surface area contributed by atoms with Crippen molar-refractivity contribution in [3.63, 3.8) is 0 Å². The molecule has 0 aliphatic heterocycles. The van der Waals surface area contributed by atoms with Crippen LogP contribution < -0.4 is 10.6 Å². The van der Waals surface area contributed by atoms with E-state index in [9.17, 15) is 4.79 Å². The lowest BCUT2D eigenvalue weighted by molar-refractivity contribution is -0.115. The number of carbonyl (C=O) groups is 1. The summed E-state index contributed by atoms with van der Waals surface area (Å²) >= 11 is 0. The summed E-state index contributed by atoms with van der Waals surface area (Å²) in [6.45, 7) is 6.29. The quantitative estimate of drug-likeness (QED) is 0.470. The van der Waals surface area contributed by atoms with Gasteiger partial charge in [-0.05, 0) is 6.92 Å². The van der Waals surface area contributed by atoms with Crippen LogP contribution >= 0.6 is 0 Å². The van der Waals surface area contributed by atoms with E-state index in [1.54, 1.807) is 12.1 Å². The van der Waals surface area contributed by atoms with Crippen molar-refractivity contribution in [3.05, 3.63) is 24.4 Å². The SMILES string of the molecule is C=CCNCC(=O)Nc1cc(C)[nH]n1. The molecule has 0 atom stereocenters. The van der Waals surface area contributed by atoms with E-state index in [4.69, 9.17) is 0 Å². The molecule has 0 spiro atoms. The molecule has 1 aromatic heterocycles. The average molecular weight is 194 g/mol. The van der Waals surface area contributed by atoms with E-state index in [2.05, 4.69) is 27.4 Å². The monoisotopic (exact) mass is 194 g/mol. The van der Waals surface area contributed by atoms with Crippen molar-refractivity contribution in [2.24, 2.45) is 0 Å². The van der Waals surface area contributed by atoms with Crippen LogP contribution in [0.15, 0.2) is 18.7 Å². The molecule has 14 heavy (non-hydrogen) atoms. The molecule has 1 rings (SSSR count). The van der Waals surface area contributed by atoms with Gasteiger partial charge < -0.3 is 10.6 Å². The van der Waals surface area contributed by atoms with E-state index < -0.39 is 0 Å². The first-order valence-electron chi connectivity index (χ1n) is 4.36. The van der Waals surface area contributed by atoms with E-state index in [-0.39, 0.29) is 12.5 Å². The zero-order chi connectivity index (χ0) is 10.4. The Morgan fingerprint density at radius 1 is 1.79 bits per heavy atom. The molecule has 0 aromatic carbocycles. The van der Waals surface area contributed by atoms with Crippen LogP contribution in [-0.2, 0) is 4.79 Å². The average Bonchev–Trinajstić information content (AvgIpc) is 2.52. The van der Waals surface area contributed by atoms with Gasteiger partial charge in [-0.1, -0.05) is 6.08 Å². The number of aryl methyl sites for hydroxylation is 1. The molecule has 3 N–H and O–H groups in total. The fourth-order valence-electron chi connectivity index (χ4n) is 0.957. The summed E-state index contributed by atoms with van der Waals surface area (Å²) in [4.78, 5) is 11.2. The van der Waals surface area contributed by atoms with Crippen molar-refractivity contribution >= 4 is 11.7 Å². The molecular weight excluding hydrogens is 180 g/mol. The molecule has 1 amide bonds. The van der Waals surface area contributed by atoms with E-state index in [0.717, 1.165) is 5.69 Å². The number of H-pyrrole nitrogens is 1. The lowest BCUT2D eigenvalue weighted by Gasteiger charge is -2.01. The van der Waals surface area contributed by atoms with E-state index in [0.29, 0.717) is 12.4 Å². The van der Waals surface area contributed by atoms with Gasteiger partial charge in [0.2, 0.25) is 5.91 Å². The van der Waals surface area contributed by atoms with Crippen molar-refractivity contribution in [2.75, 3.05) is 18.4 Å². The maximum Gasteiger partial charge on any atom is 0.239 e. The molecule has 0 fully saturated rings. The molecule has 0 aliphatic rings. The maximum atomic E-state index is 11.2. The molecule has 1 heterocycles. The van der Waals surface area contributed by atoms with Crippen molar-refractivity contribution < 1.29 is 4.79 Å². The molecule has 5 heteroatoms. The largest absolute Gasteiger partial charge is 0.308 e. The summed E-state index contributed by atoms with van der Waals surface area (Å²) < 4.78 is 0. The lowest BCUT2D eigenvalue weighted by Crippen LogP contribution is -2.28. The van der Waals surface area contributed by atoms with Gasteiger partial charge in [-0.15, -0.1) is 6.58 Å². The molecule has 0 radical (unpaired) electrons. The highest BCUT2D eigenvalue weighted by Crippen LogP contribution is 2.02. The Morgan fingerprint density at radius 2 is 2.57 bits per heavy atom. The van der Waals surface area contributed by atoms with E-state index in [1.165, 1.54) is 0 Å². The Balaban J connectivity index is 2.30. The van der Waals surface area contributed by atoms with Crippen LogP contribution in [0.2, 0.25) is 0 Å². The van der Waals surface area contributed by atoms with Crippen molar-refractivity contribution in [1.82, 2.24) is 15.5 Å². The van der Waals surface area contributed by atoms with Gasteiger partial charge in [0.05, 0.1) is 6.54 Å². The minimum Gasteiger partial charge on any atom is -0.308 e. The van der Waals surface area contributed by atoms with Gasteiger partial charge in [0.25, 0.3) is 0 Å². The number of nitrogens with one attached hydrogen (secondary N) is 3. The number of hydrogen-bond donors (Lipinski definition) is 3. The smallest absolute Gasteiger partial charge is 0.239 e. The van der Waals surface area contributed by atoms with Crippen LogP contribution in [0.3, 0.4) is 0 Å². The number of carbonyl (C=O) groups excluding carboxylic acids is 1. The summed E-state index contributed by atoms with van der Waals surface area (Å²) in [6, 6.07) is 1.77. The van der Waals surface area contributed by atoms with Gasteiger partial charge in [-0.2, -0.15) is 5.10 Å². The van der Waals surface area contributed by atoms with Crippen molar-refractivity contribution in [3.8, 4) is 0 Å². The molecule has 0 aliphatic carbocycles. The standard InChI is InChI=1S/C9H14N4O/c1-3-4-10-6-9(14)11-8-5-7(2)12-13-8/h3,5,10H,1,4,6H2,2H3,(H2,11,12,13,14). The number of amides is 1. The number of nitrogens with zero attached hydrogens (tertiary/aromatic N) is 1. The highest BCUT2D eigenvalue weighted by atomic mass is 16.2. The summed E-state index contributed by atoms with van der Waals surface area (Å²) in [5.41, 5.74) is 0.916. The van der Waals surface area contributed by atoms with E-state index >= 15 is 0 Å². The van der Waals surface area contributed by atoms with Gasteiger partial charge in [0.1, 0.15) is 0 Å². The minimum atomic E-state index is -0.113. The van der Waals surface area contributed by atoms with Gasteiger partial charge >= 0.3 is 0 Å². The van der Waals surface area contributed by atoms with E-state index in [1.807, 2.05) is 6.92 Å². The van der Waals surface area contributed by atoms with Gasteiger partial charge in [0.15, 0.2) is 5.82 Å². The first-order chi connectivity index (χ1) is 6.72. The number of aromatic nitrogens is 2. The first-order valence-corrected chi connectivity index (χ1v) is 4.36. The summed E-state index contributed by atoms with van der Waals surface area (Å²) in [7, 11) is 0. The molecule has 1 aromatic rings. The normalized spacial score (nSPS) is 9.79. The third-order valence-corrected chi connectivity index (χ3v) is 1.55. The molecular formula is C9H14N4O. The lowest BCUT2D eigenvalue weighted by atomic mass is 10.4. The van der Waals surface area contributed by atoms with Gasteiger partial charge in [-0.3, -0.25) is 9.89 Å². The minimum absolute atomic E-state index is 0.113. The number of rotatable bonds is 5. The first kappa shape index (κ1) is 10.5. The Hall–Kier alpha value is -1.62. The fourth-order valence-corrected chi connectivity index (χ4v) is 0.957.